The lowest BCUT2D eigenvalue weighted by molar-refractivity contribution is 0.0122. The lowest BCUT2D eigenvalue weighted by atomic mass is 10.1. The summed E-state index contributed by atoms with van der Waals surface area (Å²) < 4.78 is 5.69. The Kier molecular flexibility index (Phi) is 4.45. The van der Waals surface area contributed by atoms with E-state index in [9.17, 15) is 0 Å². The summed E-state index contributed by atoms with van der Waals surface area (Å²) in [6.45, 7) is 3.01. The molecule has 0 spiro atoms. The molecule has 0 radical (unpaired) electrons. The molecule has 0 amide bonds. The first kappa shape index (κ1) is 10.9. The van der Waals surface area contributed by atoms with Crippen molar-refractivity contribution in [2.24, 2.45) is 4.99 Å². The van der Waals surface area contributed by atoms with Gasteiger partial charge in [0, 0.05) is 26.1 Å². The molecule has 0 aromatic carbocycles. The Hall–Kier alpha value is -0.570. The Morgan fingerprint density at radius 1 is 1.27 bits per heavy atom. The van der Waals surface area contributed by atoms with E-state index in [2.05, 4.69) is 10.3 Å². The normalized spacial score (nSPS) is 27.2. The molecule has 1 saturated heterocycles. The molecule has 0 aliphatic carbocycles. The van der Waals surface area contributed by atoms with Crippen molar-refractivity contribution in [3.05, 3.63) is 0 Å². The Morgan fingerprint density at radius 3 is 3.00 bits per heavy atom. The zero-order chi connectivity index (χ0) is 10.3. The van der Waals surface area contributed by atoms with Crippen molar-refractivity contribution in [1.82, 2.24) is 5.32 Å². The van der Waals surface area contributed by atoms with Gasteiger partial charge in [-0.1, -0.05) is 0 Å². The summed E-state index contributed by atoms with van der Waals surface area (Å²) in [4.78, 5) is 4.48. The first-order valence-electron chi connectivity index (χ1n) is 6.34. The van der Waals surface area contributed by atoms with Crippen LogP contribution in [-0.2, 0) is 4.74 Å². The molecule has 0 bridgehead atoms. The molecular formula is C12H22N2O. The number of rotatable bonds is 3. The molecule has 1 atom stereocenters. The third kappa shape index (κ3) is 3.82. The molecule has 1 N–H and O–H groups in total. The Bertz CT molecular complexity index is 210. The Labute approximate surface area is 92.3 Å². The van der Waals surface area contributed by atoms with Crippen LogP contribution in [0.2, 0.25) is 0 Å². The molecule has 3 heteroatoms. The van der Waals surface area contributed by atoms with Crippen LogP contribution in [-0.4, -0.2) is 31.6 Å². The largest absolute Gasteiger partial charge is 0.378 e. The van der Waals surface area contributed by atoms with Gasteiger partial charge in [0.1, 0.15) is 0 Å². The highest BCUT2D eigenvalue weighted by Gasteiger charge is 2.13. The summed E-state index contributed by atoms with van der Waals surface area (Å²) >= 11 is 0. The van der Waals surface area contributed by atoms with Gasteiger partial charge in [-0.3, -0.25) is 4.99 Å². The van der Waals surface area contributed by atoms with Crippen LogP contribution in [0.5, 0.6) is 0 Å². The van der Waals surface area contributed by atoms with Crippen molar-refractivity contribution in [2.75, 3.05) is 19.7 Å². The summed E-state index contributed by atoms with van der Waals surface area (Å²) in [5.41, 5.74) is 0. The summed E-state index contributed by atoms with van der Waals surface area (Å²) in [5, 5.41) is 3.44. The van der Waals surface area contributed by atoms with Crippen molar-refractivity contribution in [3.63, 3.8) is 0 Å². The van der Waals surface area contributed by atoms with E-state index in [0.29, 0.717) is 6.10 Å². The van der Waals surface area contributed by atoms with E-state index >= 15 is 0 Å². The van der Waals surface area contributed by atoms with Gasteiger partial charge >= 0.3 is 0 Å². The molecule has 0 saturated carbocycles. The quantitative estimate of drug-likeness (QED) is 0.774. The summed E-state index contributed by atoms with van der Waals surface area (Å²) in [7, 11) is 0. The van der Waals surface area contributed by atoms with Crippen LogP contribution in [0.1, 0.15) is 44.9 Å². The third-order valence-electron chi connectivity index (χ3n) is 3.19. The van der Waals surface area contributed by atoms with Gasteiger partial charge in [0.2, 0.25) is 0 Å². The number of ether oxygens (including phenoxy) is 1. The van der Waals surface area contributed by atoms with Crippen LogP contribution >= 0.6 is 0 Å². The summed E-state index contributed by atoms with van der Waals surface area (Å²) in [6, 6.07) is 0. The second-order valence-corrected chi connectivity index (χ2v) is 4.49. The predicted molar refractivity (Wildman–Crippen MR) is 62.4 cm³/mol. The molecule has 2 aliphatic rings. The molecule has 0 aromatic rings. The van der Waals surface area contributed by atoms with E-state index in [4.69, 9.17) is 4.74 Å². The van der Waals surface area contributed by atoms with E-state index in [1.165, 1.54) is 37.9 Å². The molecule has 3 nitrogen and oxygen atoms in total. The summed E-state index contributed by atoms with van der Waals surface area (Å²) in [5.74, 6) is 1.22. The van der Waals surface area contributed by atoms with Crippen molar-refractivity contribution in [3.8, 4) is 0 Å². The highest BCUT2D eigenvalue weighted by molar-refractivity contribution is 5.82. The van der Waals surface area contributed by atoms with Gasteiger partial charge in [-0.2, -0.15) is 0 Å². The van der Waals surface area contributed by atoms with Gasteiger partial charge in [-0.15, -0.1) is 0 Å². The highest BCUT2D eigenvalue weighted by Crippen LogP contribution is 2.15. The molecule has 2 heterocycles. The number of nitrogens with zero attached hydrogens (tertiary/aromatic N) is 1. The fourth-order valence-electron chi connectivity index (χ4n) is 2.25. The average molecular weight is 210 g/mol. The maximum atomic E-state index is 5.69. The van der Waals surface area contributed by atoms with E-state index < -0.39 is 0 Å². The van der Waals surface area contributed by atoms with Crippen LogP contribution in [0.25, 0.3) is 0 Å². The molecule has 2 rings (SSSR count). The minimum absolute atomic E-state index is 0.496. The number of hydrogen-bond donors (Lipinski definition) is 1. The minimum atomic E-state index is 0.496. The fraction of sp³-hybridized carbons (Fsp3) is 0.917. The first-order valence-corrected chi connectivity index (χ1v) is 6.34. The van der Waals surface area contributed by atoms with Crippen molar-refractivity contribution < 1.29 is 4.74 Å². The monoisotopic (exact) mass is 210 g/mol. The Morgan fingerprint density at radius 2 is 2.27 bits per heavy atom. The molecule has 2 aliphatic heterocycles. The third-order valence-corrected chi connectivity index (χ3v) is 3.19. The average Bonchev–Trinajstić information content (AvgIpc) is 2.32. The van der Waals surface area contributed by atoms with E-state index in [0.717, 1.165) is 32.5 Å². The lowest BCUT2D eigenvalue weighted by Crippen LogP contribution is -2.30. The lowest BCUT2D eigenvalue weighted by Gasteiger charge is -2.23. The van der Waals surface area contributed by atoms with Crippen LogP contribution in [0, 0.1) is 0 Å². The van der Waals surface area contributed by atoms with Crippen LogP contribution in [0.15, 0.2) is 4.99 Å². The standard InChI is InChI=1S/C12H22N2O/c1-3-8-13-12(6-1)14-9-7-11-5-2-4-10-15-11/h11H,1-10H2,(H,13,14). The van der Waals surface area contributed by atoms with E-state index in [1.807, 2.05) is 0 Å². The van der Waals surface area contributed by atoms with Gasteiger partial charge in [0.25, 0.3) is 0 Å². The maximum Gasteiger partial charge on any atom is 0.0963 e. The van der Waals surface area contributed by atoms with Gasteiger partial charge in [0.15, 0.2) is 0 Å². The predicted octanol–water partition coefficient (Wildman–Crippen LogP) is 2.12. The van der Waals surface area contributed by atoms with Gasteiger partial charge in [0.05, 0.1) is 11.9 Å². The first-order chi connectivity index (χ1) is 7.45. The fourth-order valence-corrected chi connectivity index (χ4v) is 2.25. The molecule has 0 aromatic heterocycles. The molecule has 15 heavy (non-hydrogen) atoms. The molecule has 1 unspecified atom stereocenters. The summed E-state index contributed by atoms with van der Waals surface area (Å²) in [6.07, 6.45) is 9.17. The number of hydrogen-bond acceptors (Lipinski definition) is 3. The molecular weight excluding hydrogens is 188 g/mol. The van der Waals surface area contributed by atoms with Crippen LogP contribution in [0.4, 0.5) is 0 Å². The SMILES string of the molecule is C1CCC(NCCC2CCCCO2)=NC1. The van der Waals surface area contributed by atoms with Gasteiger partial charge in [-0.25, -0.2) is 0 Å². The number of amidine groups is 1. The topological polar surface area (TPSA) is 33.6 Å². The van der Waals surface area contributed by atoms with E-state index in [1.54, 1.807) is 0 Å². The van der Waals surface area contributed by atoms with E-state index in [-0.39, 0.29) is 0 Å². The van der Waals surface area contributed by atoms with Gasteiger partial charge in [-0.05, 0) is 38.5 Å². The molecule has 1 fully saturated rings. The smallest absolute Gasteiger partial charge is 0.0963 e. The minimum Gasteiger partial charge on any atom is -0.378 e. The molecule has 86 valence electrons. The maximum absolute atomic E-state index is 5.69. The van der Waals surface area contributed by atoms with Gasteiger partial charge < -0.3 is 10.1 Å². The van der Waals surface area contributed by atoms with Crippen LogP contribution in [0.3, 0.4) is 0 Å². The second-order valence-electron chi connectivity index (χ2n) is 4.49. The van der Waals surface area contributed by atoms with Crippen molar-refractivity contribution in [2.45, 2.75) is 51.0 Å². The number of aliphatic imine (C=N–C) groups is 1. The highest BCUT2D eigenvalue weighted by atomic mass is 16.5. The van der Waals surface area contributed by atoms with Crippen molar-refractivity contribution >= 4 is 5.84 Å². The second kappa shape index (κ2) is 6.11. The van der Waals surface area contributed by atoms with Crippen LogP contribution < -0.4 is 5.32 Å². The zero-order valence-electron chi connectivity index (χ0n) is 9.50. The Balaban J connectivity index is 1.59. The zero-order valence-corrected chi connectivity index (χ0v) is 9.50. The number of nitrogens with one attached hydrogen (secondary N) is 1. The van der Waals surface area contributed by atoms with Crippen molar-refractivity contribution in [1.29, 1.82) is 0 Å².